The molecule has 0 radical (unpaired) electrons. The normalized spacial score (nSPS) is 9.81. The summed E-state index contributed by atoms with van der Waals surface area (Å²) in [4.78, 5) is 6.95. The van der Waals surface area contributed by atoms with E-state index in [1.807, 2.05) is 6.07 Å². The summed E-state index contributed by atoms with van der Waals surface area (Å²) in [5.41, 5.74) is 12.1. The maximum Gasteiger partial charge on any atom is 0.186 e. The molecule has 2 aromatic rings. The van der Waals surface area contributed by atoms with E-state index in [9.17, 15) is 4.39 Å². The number of benzene rings is 1. The predicted octanol–water partition coefficient (Wildman–Crippen LogP) is 1.66. The zero-order chi connectivity index (χ0) is 10.8. The molecule has 86 valence electrons. The summed E-state index contributed by atoms with van der Waals surface area (Å²) in [5, 5.41) is 0.816. The van der Waals surface area contributed by atoms with Gasteiger partial charge in [0.05, 0.1) is 6.54 Å². The molecule has 0 aliphatic carbocycles. The first kappa shape index (κ1) is 12.5. The summed E-state index contributed by atoms with van der Waals surface area (Å²) in [6, 6.07) is 6.38. The zero-order valence-corrected chi connectivity index (χ0v) is 10.1. The number of nitrogens with one attached hydrogen (secondary N) is 1. The van der Waals surface area contributed by atoms with Crippen LogP contribution in [0.5, 0.6) is 0 Å². The summed E-state index contributed by atoms with van der Waals surface area (Å²) in [6.45, 7) is 0.374. The lowest BCUT2D eigenvalue weighted by Crippen LogP contribution is -2.22. The monoisotopic (exact) mass is 286 g/mol. The van der Waals surface area contributed by atoms with Gasteiger partial charge in [0.25, 0.3) is 0 Å². The summed E-state index contributed by atoms with van der Waals surface area (Å²) in [5.74, 6) is -0.213. The van der Waals surface area contributed by atoms with Gasteiger partial charge in [-0.15, -0.1) is 17.0 Å². The fourth-order valence-electron chi connectivity index (χ4n) is 1.43. The third kappa shape index (κ3) is 2.73. The minimum absolute atomic E-state index is 0. The quantitative estimate of drug-likeness (QED) is 0.580. The maximum atomic E-state index is 12.9. The molecule has 0 saturated heterocycles. The Morgan fingerprint density at radius 2 is 2.06 bits per heavy atom. The Morgan fingerprint density at radius 1 is 1.31 bits per heavy atom. The number of aliphatic imine (C=N–C) groups is 1. The number of fused-ring (bicyclic) bond motifs is 1. The van der Waals surface area contributed by atoms with Crippen molar-refractivity contribution < 1.29 is 4.39 Å². The highest BCUT2D eigenvalue weighted by Gasteiger charge is 2.01. The van der Waals surface area contributed by atoms with Gasteiger partial charge < -0.3 is 16.5 Å². The summed E-state index contributed by atoms with van der Waals surface area (Å²) >= 11 is 0. The van der Waals surface area contributed by atoms with Gasteiger partial charge in [0, 0.05) is 16.6 Å². The third-order valence-corrected chi connectivity index (χ3v) is 2.07. The zero-order valence-electron chi connectivity index (χ0n) is 8.40. The molecule has 5 N–H and O–H groups in total. The fraction of sp³-hybridized carbons (Fsp3) is 0.100. The van der Waals surface area contributed by atoms with Crippen LogP contribution >= 0.6 is 17.0 Å². The second kappa shape index (κ2) is 4.98. The van der Waals surface area contributed by atoms with Gasteiger partial charge in [-0.05, 0) is 24.3 Å². The first-order valence-corrected chi connectivity index (χ1v) is 4.48. The Hall–Kier alpha value is -1.56. The lowest BCUT2D eigenvalue weighted by atomic mass is 10.2. The molecular formula is C10H12BrFN4. The van der Waals surface area contributed by atoms with E-state index in [1.165, 1.54) is 12.1 Å². The molecule has 1 heterocycles. The Balaban J connectivity index is 0.00000128. The standard InChI is InChI=1S/C10H11FN4.BrH/c11-7-1-2-9-6(3-7)4-8(15-9)5-14-10(12)13;/h1-4,15H,5H2,(H4,12,13,14);1H. The second-order valence-corrected chi connectivity index (χ2v) is 3.27. The lowest BCUT2D eigenvalue weighted by molar-refractivity contribution is 0.630. The van der Waals surface area contributed by atoms with Gasteiger partial charge in [0.15, 0.2) is 5.96 Å². The molecule has 1 aromatic heterocycles. The van der Waals surface area contributed by atoms with E-state index >= 15 is 0 Å². The average molecular weight is 287 g/mol. The van der Waals surface area contributed by atoms with Gasteiger partial charge in [-0.1, -0.05) is 0 Å². The topological polar surface area (TPSA) is 80.2 Å². The molecule has 0 saturated carbocycles. The van der Waals surface area contributed by atoms with Gasteiger partial charge >= 0.3 is 0 Å². The summed E-state index contributed by atoms with van der Waals surface area (Å²) < 4.78 is 12.9. The van der Waals surface area contributed by atoms with Crippen LogP contribution in [0.25, 0.3) is 10.9 Å². The molecule has 0 spiro atoms. The number of nitrogens with zero attached hydrogens (tertiary/aromatic N) is 1. The Labute approximate surface area is 102 Å². The van der Waals surface area contributed by atoms with Crippen molar-refractivity contribution in [3.8, 4) is 0 Å². The van der Waals surface area contributed by atoms with Crippen LogP contribution in [-0.2, 0) is 6.54 Å². The SMILES string of the molecule is Br.NC(N)=NCc1cc2cc(F)ccc2[nH]1. The summed E-state index contributed by atoms with van der Waals surface area (Å²) in [7, 11) is 0. The second-order valence-electron chi connectivity index (χ2n) is 3.27. The van der Waals surface area contributed by atoms with Crippen LogP contribution in [0.4, 0.5) is 4.39 Å². The number of guanidine groups is 1. The lowest BCUT2D eigenvalue weighted by Gasteiger charge is -1.91. The molecule has 0 aliphatic heterocycles. The van der Waals surface area contributed by atoms with Gasteiger partial charge in [0.1, 0.15) is 5.82 Å². The third-order valence-electron chi connectivity index (χ3n) is 2.07. The highest BCUT2D eigenvalue weighted by molar-refractivity contribution is 8.93. The minimum atomic E-state index is -0.255. The number of hydrogen-bond acceptors (Lipinski definition) is 1. The molecule has 0 fully saturated rings. The first-order chi connectivity index (χ1) is 7.15. The van der Waals surface area contributed by atoms with E-state index in [4.69, 9.17) is 11.5 Å². The van der Waals surface area contributed by atoms with Crippen molar-refractivity contribution >= 4 is 33.8 Å². The highest BCUT2D eigenvalue weighted by atomic mass is 79.9. The van der Waals surface area contributed by atoms with E-state index in [0.717, 1.165) is 16.6 Å². The Morgan fingerprint density at radius 3 is 2.75 bits per heavy atom. The molecule has 16 heavy (non-hydrogen) atoms. The average Bonchev–Trinajstić information content (AvgIpc) is 2.56. The van der Waals surface area contributed by atoms with Crippen molar-refractivity contribution in [2.24, 2.45) is 16.5 Å². The van der Waals surface area contributed by atoms with Crippen molar-refractivity contribution in [3.63, 3.8) is 0 Å². The van der Waals surface area contributed by atoms with Crippen molar-refractivity contribution in [2.45, 2.75) is 6.54 Å². The molecule has 0 amide bonds. The van der Waals surface area contributed by atoms with Crippen LogP contribution in [0.1, 0.15) is 5.69 Å². The number of hydrogen-bond donors (Lipinski definition) is 3. The molecule has 0 atom stereocenters. The number of aromatic amines is 1. The van der Waals surface area contributed by atoms with Crippen molar-refractivity contribution in [2.75, 3.05) is 0 Å². The first-order valence-electron chi connectivity index (χ1n) is 4.48. The molecular weight excluding hydrogens is 275 g/mol. The number of nitrogens with two attached hydrogens (primary N) is 2. The number of aromatic nitrogens is 1. The maximum absolute atomic E-state index is 12.9. The molecule has 4 nitrogen and oxygen atoms in total. The van der Waals surface area contributed by atoms with E-state index in [-0.39, 0.29) is 28.8 Å². The molecule has 2 rings (SSSR count). The van der Waals surface area contributed by atoms with Crippen LogP contribution in [0.2, 0.25) is 0 Å². The largest absolute Gasteiger partial charge is 0.370 e. The fourth-order valence-corrected chi connectivity index (χ4v) is 1.43. The van der Waals surface area contributed by atoms with Crippen LogP contribution < -0.4 is 11.5 Å². The van der Waals surface area contributed by atoms with E-state index in [0.29, 0.717) is 6.54 Å². The van der Waals surface area contributed by atoms with Crippen LogP contribution in [-0.4, -0.2) is 10.9 Å². The molecule has 0 unspecified atom stereocenters. The minimum Gasteiger partial charge on any atom is -0.370 e. The van der Waals surface area contributed by atoms with Crippen LogP contribution in [0, 0.1) is 5.82 Å². The Kier molecular flexibility index (Phi) is 3.89. The van der Waals surface area contributed by atoms with Gasteiger partial charge in [-0.3, -0.25) is 0 Å². The van der Waals surface area contributed by atoms with E-state index in [2.05, 4.69) is 9.98 Å². The summed E-state index contributed by atoms with van der Waals surface area (Å²) in [6.07, 6.45) is 0. The molecule has 0 aliphatic rings. The number of halogens is 2. The van der Waals surface area contributed by atoms with Crippen molar-refractivity contribution in [3.05, 3.63) is 35.8 Å². The van der Waals surface area contributed by atoms with E-state index < -0.39 is 0 Å². The van der Waals surface area contributed by atoms with Crippen LogP contribution in [0.3, 0.4) is 0 Å². The van der Waals surface area contributed by atoms with E-state index in [1.54, 1.807) is 6.07 Å². The smallest absolute Gasteiger partial charge is 0.186 e. The highest BCUT2D eigenvalue weighted by Crippen LogP contribution is 2.16. The number of rotatable bonds is 2. The predicted molar refractivity (Wildman–Crippen MR) is 68.1 cm³/mol. The molecule has 1 aromatic carbocycles. The molecule has 6 heteroatoms. The van der Waals surface area contributed by atoms with Gasteiger partial charge in [-0.2, -0.15) is 0 Å². The van der Waals surface area contributed by atoms with Crippen molar-refractivity contribution in [1.29, 1.82) is 0 Å². The molecule has 0 bridgehead atoms. The van der Waals surface area contributed by atoms with Gasteiger partial charge in [-0.25, -0.2) is 9.38 Å². The number of H-pyrrole nitrogens is 1. The van der Waals surface area contributed by atoms with Gasteiger partial charge in [0.2, 0.25) is 0 Å². The van der Waals surface area contributed by atoms with Crippen LogP contribution in [0.15, 0.2) is 29.3 Å². The van der Waals surface area contributed by atoms with Crippen molar-refractivity contribution in [1.82, 2.24) is 4.98 Å². The Bertz CT molecular complexity index is 517.